The number of nitrogens with zero attached hydrogens (tertiary/aromatic N) is 1. The van der Waals surface area contributed by atoms with Gasteiger partial charge in [0.05, 0.1) is 24.6 Å². The van der Waals surface area contributed by atoms with Crippen molar-refractivity contribution in [2.75, 3.05) is 36.5 Å². The van der Waals surface area contributed by atoms with Gasteiger partial charge < -0.3 is 15.0 Å². The lowest BCUT2D eigenvalue weighted by molar-refractivity contribution is 0.123. The molecule has 1 N–H and O–H groups in total. The van der Waals surface area contributed by atoms with E-state index < -0.39 is 0 Å². The van der Waals surface area contributed by atoms with Gasteiger partial charge in [-0.1, -0.05) is 38.3 Å². The van der Waals surface area contributed by atoms with Crippen molar-refractivity contribution in [1.82, 2.24) is 0 Å². The van der Waals surface area contributed by atoms with E-state index in [4.69, 9.17) is 4.74 Å². The standard InChI is InChI=1S/C17H28N2O/c1-3-4-5-8-15(2)18-16-9-6-7-10-17(16)19-11-13-20-14-12-19/h6-7,9-10,15,18H,3-5,8,11-14H2,1-2H3. The van der Waals surface area contributed by atoms with Gasteiger partial charge in [0.25, 0.3) is 0 Å². The van der Waals surface area contributed by atoms with Gasteiger partial charge in [-0.3, -0.25) is 0 Å². The SMILES string of the molecule is CCCCCC(C)Nc1ccccc1N1CCOCC1. The number of morpholine rings is 1. The number of rotatable bonds is 7. The Bertz CT molecular complexity index is 388. The van der Waals surface area contributed by atoms with Crippen LogP contribution in [0.15, 0.2) is 24.3 Å². The highest BCUT2D eigenvalue weighted by Crippen LogP contribution is 2.27. The van der Waals surface area contributed by atoms with Crippen molar-refractivity contribution in [2.45, 2.75) is 45.6 Å². The molecule has 1 aliphatic rings. The van der Waals surface area contributed by atoms with Crippen LogP contribution in [-0.2, 0) is 4.74 Å². The molecule has 1 atom stereocenters. The maximum Gasteiger partial charge on any atom is 0.0642 e. The van der Waals surface area contributed by atoms with Gasteiger partial charge in [-0.2, -0.15) is 0 Å². The van der Waals surface area contributed by atoms with Crippen molar-refractivity contribution in [3.63, 3.8) is 0 Å². The van der Waals surface area contributed by atoms with Crippen LogP contribution in [0.2, 0.25) is 0 Å². The van der Waals surface area contributed by atoms with Crippen LogP contribution in [0, 0.1) is 0 Å². The number of nitrogens with one attached hydrogen (secondary N) is 1. The third-order valence-electron chi connectivity index (χ3n) is 3.90. The summed E-state index contributed by atoms with van der Waals surface area (Å²) >= 11 is 0. The second kappa shape index (κ2) is 8.15. The molecule has 0 amide bonds. The molecule has 0 aromatic heterocycles. The summed E-state index contributed by atoms with van der Waals surface area (Å²) in [5.74, 6) is 0. The monoisotopic (exact) mass is 276 g/mol. The first-order chi connectivity index (χ1) is 9.81. The molecule has 20 heavy (non-hydrogen) atoms. The zero-order chi connectivity index (χ0) is 14.2. The zero-order valence-corrected chi connectivity index (χ0v) is 12.9. The van der Waals surface area contributed by atoms with E-state index in [1.807, 2.05) is 0 Å². The first-order valence-corrected chi connectivity index (χ1v) is 7.99. The normalized spacial score (nSPS) is 17.0. The highest BCUT2D eigenvalue weighted by molar-refractivity contribution is 5.70. The van der Waals surface area contributed by atoms with E-state index in [9.17, 15) is 0 Å². The summed E-state index contributed by atoms with van der Waals surface area (Å²) in [4.78, 5) is 2.42. The molecule has 3 nitrogen and oxygen atoms in total. The van der Waals surface area contributed by atoms with Crippen molar-refractivity contribution in [3.8, 4) is 0 Å². The Kier molecular flexibility index (Phi) is 6.19. The minimum absolute atomic E-state index is 0.531. The summed E-state index contributed by atoms with van der Waals surface area (Å²) in [5.41, 5.74) is 2.58. The first kappa shape index (κ1) is 15.2. The molecule has 0 saturated carbocycles. The van der Waals surface area contributed by atoms with Crippen LogP contribution < -0.4 is 10.2 Å². The third-order valence-corrected chi connectivity index (χ3v) is 3.90. The Hall–Kier alpha value is -1.22. The number of hydrogen-bond acceptors (Lipinski definition) is 3. The fraction of sp³-hybridized carbons (Fsp3) is 0.647. The number of para-hydroxylation sites is 2. The van der Waals surface area contributed by atoms with Crippen molar-refractivity contribution >= 4 is 11.4 Å². The highest BCUT2D eigenvalue weighted by Gasteiger charge is 2.15. The lowest BCUT2D eigenvalue weighted by atomic mass is 10.1. The van der Waals surface area contributed by atoms with Crippen molar-refractivity contribution in [3.05, 3.63) is 24.3 Å². The van der Waals surface area contributed by atoms with Gasteiger partial charge in [0.15, 0.2) is 0 Å². The molecular weight excluding hydrogens is 248 g/mol. The Morgan fingerprint density at radius 2 is 1.95 bits per heavy atom. The molecule has 1 aromatic rings. The summed E-state index contributed by atoms with van der Waals surface area (Å²) in [6.07, 6.45) is 5.17. The number of unbranched alkanes of at least 4 members (excludes halogenated alkanes) is 2. The molecule has 1 heterocycles. The summed E-state index contributed by atoms with van der Waals surface area (Å²) in [6.45, 7) is 8.18. The molecule has 3 heteroatoms. The smallest absolute Gasteiger partial charge is 0.0642 e. The zero-order valence-electron chi connectivity index (χ0n) is 12.9. The number of anilines is 2. The minimum atomic E-state index is 0.531. The highest BCUT2D eigenvalue weighted by atomic mass is 16.5. The predicted octanol–water partition coefficient (Wildman–Crippen LogP) is 3.90. The number of benzene rings is 1. The van der Waals surface area contributed by atoms with Crippen LogP contribution in [0.3, 0.4) is 0 Å². The van der Waals surface area contributed by atoms with Crippen LogP contribution in [-0.4, -0.2) is 32.3 Å². The van der Waals surface area contributed by atoms with Gasteiger partial charge in [0.1, 0.15) is 0 Å². The average molecular weight is 276 g/mol. The minimum Gasteiger partial charge on any atom is -0.381 e. The molecular formula is C17H28N2O. The molecule has 0 aliphatic carbocycles. The molecule has 1 fully saturated rings. The Morgan fingerprint density at radius 1 is 1.20 bits per heavy atom. The second-order valence-corrected chi connectivity index (χ2v) is 5.66. The molecule has 0 spiro atoms. The summed E-state index contributed by atoms with van der Waals surface area (Å²) in [5, 5.41) is 3.68. The van der Waals surface area contributed by atoms with Crippen LogP contribution in [0.4, 0.5) is 11.4 Å². The predicted molar refractivity (Wildman–Crippen MR) is 86.7 cm³/mol. The topological polar surface area (TPSA) is 24.5 Å². The fourth-order valence-corrected chi connectivity index (χ4v) is 2.71. The molecule has 1 unspecified atom stereocenters. The van der Waals surface area contributed by atoms with Gasteiger partial charge in [0, 0.05) is 19.1 Å². The van der Waals surface area contributed by atoms with E-state index in [-0.39, 0.29) is 0 Å². The van der Waals surface area contributed by atoms with E-state index in [0.717, 1.165) is 26.3 Å². The molecule has 112 valence electrons. The lowest BCUT2D eigenvalue weighted by Crippen LogP contribution is -2.36. The van der Waals surface area contributed by atoms with E-state index in [0.29, 0.717) is 6.04 Å². The van der Waals surface area contributed by atoms with E-state index in [1.54, 1.807) is 0 Å². The van der Waals surface area contributed by atoms with Crippen LogP contribution in [0.25, 0.3) is 0 Å². The van der Waals surface area contributed by atoms with Gasteiger partial charge >= 0.3 is 0 Å². The summed E-state index contributed by atoms with van der Waals surface area (Å²) < 4.78 is 5.45. The average Bonchev–Trinajstić information content (AvgIpc) is 2.49. The molecule has 1 aliphatic heterocycles. The van der Waals surface area contributed by atoms with Gasteiger partial charge in [0.2, 0.25) is 0 Å². The second-order valence-electron chi connectivity index (χ2n) is 5.66. The van der Waals surface area contributed by atoms with Crippen molar-refractivity contribution in [1.29, 1.82) is 0 Å². The van der Waals surface area contributed by atoms with E-state index in [1.165, 1.54) is 37.1 Å². The summed E-state index contributed by atoms with van der Waals surface area (Å²) in [7, 11) is 0. The lowest BCUT2D eigenvalue weighted by Gasteiger charge is -2.31. The molecule has 0 radical (unpaired) electrons. The van der Waals surface area contributed by atoms with Crippen LogP contribution in [0.1, 0.15) is 39.5 Å². The third kappa shape index (κ3) is 4.41. The Balaban J connectivity index is 1.96. The van der Waals surface area contributed by atoms with Gasteiger partial charge in [-0.05, 0) is 25.5 Å². The van der Waals surface area contributed by atoms with E-state index >= 15 is 0 Å². The molecule has 1 aromatic carbocycles. The van der Waals surface area contributed by atoms with Crippen molar-refractivity contribution < 1.29 is 4.74 Å². The fourth-order valence-electron chi connectivity index (χ4n) is 2.71. The van der Waals surface area contributed by atoms with Crippen LogP contribution in [0.5, 0.6) is 0 Å². The largest absolute Gasteiger partial charge is 0.381 e. The maximum atomic E-state index is 5.45. The van der Waals surface area contributed by atoms with E-state index in [2.05, 4.69) is 48.3 Å². The van der Waals surface area contributed by atoms with Gasteiger partial charge in [-0.15, -0.1) is 0 Å². The van der Waals surface area contributed by atoms with Crippen LogP contribution >= 0.6 is 0 Å². The molecule has 2 rings (SSSR count). The quantitative estimate of drug-likeness (QED) is 0.764. The Morgan fingerprint density at radius 3 is 2.70 bits per heavy atom. The molecule has 0 bridgehead atoms. The van der Waals surface area contributed by atoms with Gasteiger partial charge in [-0.25, -0.2) is 0 Å². The number of ether oxygens (including phenoxy) is 1. The maximum absolute atomic E-state index is 5.45. The Labute approximate surface area is 123 Å². The van der Waals surface area contributed by atoms with Crippen molar-refractivity contribution in [2.24, 2.45) is 0 Å². The number of hydrogen-bond donors (Lipinski definition) is 1. The summed E-state index contributed by atoms with van der Waals surface area (Å²) in [6, 6.07) is 9.18. The molecule has 1 saturated heterocycles. The first-order valence-electron chi connectivity index (χ1n) is 7.99.